The highest BCUT2D eigenvalue weighted by molar-refractivity contribution is 5.86. The van der Waals surface area contributed by atoms with Crippen molar-refractivity contribution in [2.45, 2.75) is 33.2 Å². The molecule has 2 rings (SSSR count). The molecular formula is C12H16N4. The minimum absolute atomic E-state index is 0.0242. The van der Waals surface area contributed by atoms with E-state index in [-0.39, 0.29) is 5.54 Å². The van der Waals surface area contributed by atoms with Crippen LogP contribution in [0.1, 0.15) is 26.6 Å². The van der Waals surface area contributed by atoms with E-state index in [0.717, 1.165) is 22.7 Å². The van der Waals surface area contributed by atoms with E-state index in [1.54, 1.807) is 6.20 Å². The lowest BCUT2D eigenvalue weighted by atomic mass is 10.1. The predicted octanol–water partition coefficient (Wildman–Crippen LogP) is 2.54. The third kappa shape index (κ3) is 2.27. The summed E-state index contributed by atoms with van der Waals surface area (Å²) in [6.45, 7) is 8.19. The van der Waals surface area contributed by atoms with Crippen LogP contribution in [0.2, 0.25) is 0 Å². The summed E-state index contributed by atoms with van der Waals surface area (Å²) in [7, 11) is 0. The molecule has 0 spiro atoms. The van der Waals surface area contributed by atoms with Gasteiger partial charge in [-0.05, 0) is 39.8 Å². The second-order valence-corrected chi connectivity index (χ2v) is 4.87. The first-order valence-corrected chi connectivity index (χ1v) is 5.33. The molecule has 0 fully saturated rings. The third-order valence-corrected chi connectivity index (χ3v) is 2.08. The molecule has 0 aliphatic carbocycles. The van der Waals surface area contributed by atoms with Gasteiger partial charge in [0.05, 0.1) is 5.39 Å². The van der Waals surface area contributed by atoms with Gasteiger partial charge in [-0.2, -0.15) is 0 Å². The number of nitrogens with one attached hydrogen (secondary N) is 1. The fourth-order valence-corrected chi connectivity index (χ4v) is 1.52. The Bertz CT molecular complexity index is 514. The highest BCUT2D eigenvalue weighted by Crippen LogP contribution is 2.21. The van der Waals surface area contributed by atoms with Gasteiger partial charge in [-0.3, -0.25) is 0 Å². The Morgan fingerprint density at radius 2 is 1.94 bits per heavy atom. The molecule has 0 aliphatic rings. The van der Waals surface area contributed by atoms with Gasteiger partial charge in [0.15, 0.2) is 5.65 Å². The van der Waals surface area contributed by atoms with Gasteiger partial charge in [0.1, 0.15) is 11.6 Å². The lowest BCUT2D eigenvalue weighted by Gasteiger charge is -2.22. The molecule has 4 nitrogen and oxygen atoms in total. The molecule has 0 aliphatic heterocycles. The SMILES string of the molecule is Cc1nc(NC(C)(C)C)c2cccnc2n1. The maximum absolute atomic E-state index is 4.42. The molecule has 0 bridgehead atoms. The molecule has 2 aromatic rings. The van der Waals surface area contributed by atoms with Crippen molar-refractivity contribution in [3.8, 4) is 0 Å². The highest BCUT2D eigenvalue weighted by atomic mass is 15.1. The zero-order valence-corrected chi connectivity index (χ0v) is 10.1. The van der Waals surface area contributed by atoms with Crippen LogP contribution >= 0.6 is 0 Å². The van der Waals surface area contributed by atoms with E-state index in [1.807, 2.05) is 19.1 Å². The lowest BCUT2D eigenvalue weighted by molar-refractivity contribution is 0.631. The Labute approximate surface area is 95.1 Å². The topological polar surface area (TPSA) is 50.7 Å². The summed E-state index contributed by atoms with van der Waals surface area (Å²) in [6, 6.07) is 3.88. The summed E-state index contributed by atoms with van der Waals surface area (Å²) < 4.78 is 0. The number of rotatable bonds is 1. The number of aromatic nitrogens is 3. The van der Waals surface area contributed by atoms with Gasteiger partial charge in [0, 0.05) is 11.7 Å². The van der Waals surface area contributed by atoms with E-state index in [4.69, 9.17) is 0 Å². The van der Waals surface area contributed by atoms with Crippen molar-refractivity contribution >= 4 is 16.9 Å². The number of fused-ring (bicyclic) bond motifs is 1. The van der Waals surface area contributed by atoms with Gasteiger partial charge in [-0.25, -0.2) is 15.0 Å². The summed E-state index contributed by atoms with van der Waals surface area (Å²) in [5.41, 5.74) is 0.713. The van der Waals surface area contributed by atoms with Crippen LogP contribution in [0.25, 0.3) is 11.0 Å². The Balaban J connectivity index is 2.59. The second kappa shape index (κ2) is 3.70. The van der Waals surface area contributed by atoms with Crippen LogP contribution < -0.4 is 5.32 Å². The molecule has 1 N–H and O–H groups in total. The lowest BCUT2D eigenvalue weighted by Crippen LogP contribution is -2.27. The fraction of sp³-hybridized carbons (Fsp3) is 0.417. The Morgan fingerprint density at radius 1 is 1.19 bits per heavy atom. The van der Waals surface area contributed by atoms with Gasteiger partial charge in [0.2, 0.25) is 0 Å². The molecule has 4 heteroatoms. The predicted molar refractivity (Wildman–Crippen MR) is 65.4 cm³/mol. The third-order valence-electron chi connectivity index (χ3n) is 2.08. The number of hydrogen-bond acceptors (Lipinski definition) is 4. The van der Waals surface area contributed by atoms with E-state index >= 15 is 0 Å². The summed E-state index contributed by atoms with van der Waals surface area (Å²) >= 11 is 0. The largest absolute Gasteiger partial charge is 0.365 e. The van der Waals surface area contributed by atoms with E-state index in [9.17, 15) is 0 Å². The minimum atomic E-state index is -0.0242. The molecule has 0 unspecified atom stereocenters. The molecule has 0 atom stereocenters. The second-order valence-electron chi connectivity index (χ2n) is 4.87. The highest BCUT2D eigenvalue weighted by Gasteiger charge is 2.13. The quantitative estimate of drug-likeness (QED) is 0.796. The van der Waals surface area contributed by atoms with Crippen LogP contribution in [0, 0.1) is 6.92 Å². The Kier molecular flexibility index (Phi) is 2.50. The fourth-order valence-electron chi connectivity index (χ4n) is 1.52. The first-order valence-electron chi connectivity index (χ1n) is 5.33. The first kappa shape index (κ1) is 10.8. The monoisotopic (exact) mass is 216 g/mol. The molecule has 0 saturated carbocycles. The van der Waals surface area contributed by atoms with Crippen molar-refractivity contribution in [1.29, 1.82) is 0 Å². The molecule has 0 radical (unpaired) electrons. The zero-order valence-electron chi connectivity index (χ0n) is 10.1. The first-order chi connectivity index (χ1) is 7.46. The summed E-state index contributed by atoms with van der Waals surface area (Å²) in [4.78, 5) is 13.0. The normalized spacial score (nSPS) is 11.8. The Hall–Kier alpha value is -1.71. The maximum atomic E-state index is 4.42. The van der Waals surface area contributed by atoms with Crippen LogP contribution in [0.3, 0.4) is 0 Å². The van der Waals surface area contributed by atoms with Crippen LogP contribution in [0.4, 0.5) is 5.82 Å². The number of nitrogens with zero attached hydrogens (tertiary/aromatic N) is 3. The van der Waals surface area contributed by atoms with Crippen molar-refractivity contribution in [1.82, 2.24) is 15.0 Å². The standard InChI is InChI=1S/C12H16N4/c1-8-14-10-9(6-5-7-13-10)11(15-8)16-12(2,3)4/h5-7H,1-4H3,(H,13,14,15,16). The van der Waals surface area contributed by atoms with E-state index in [0.29, 0.717) is 0 Å². The number of aryl methyl sites for hydroxylation is 1. The number of anilines is 1. The van der Waals surface area contributed by atoms with Crippen LogP contribution in [0.5, 0.6) is 0 Å². The molecule has 0 amide bonds. The van der Waals surface area contributed by atoms with Crippen molar-refractivity contribution in [3.63, 3.8) is 0 Å². The van der Waals surface area contributed by atoms with Gasteiger partial charge < -0.3 is 5.32 Å². The van der Waals surface area contributed by atoms with Crippen LogP contribution in [-0.2, 0) is 0 Å². The maximum Gasteiger partial charge on any atom is 0.164 e. The van der Waals surface area contributed by atoms with E-state index in [2.05, 4.69) is 41.0 Å². The van der Waals surface area contributed by atoms with Crippen molar-refractivity contribution < 1.29 is 0 Å². The average molecular weight is 216 g/mol. The van der Waals surface area contributed by atoms with E-state index < -0.39 is 0 Å². The Morgan fingerprint density at radius 3 is 2.62 bits per heavy atom. The molecule has 0 saturated heterocycles. The zero-order chi connectivity index (χ0) is 11.8. The van der Waals surface area contributed by atoms with Crippen molar-refractivity contribution in [2.24, 2.45) is 0 Å². The number of pyridine rings is 1. The van der Waals surface area contributed by atoms with Gasteiger partial charge >= 0.3 is 0 Å². The molecule has 16 heavy (non-hydrogen) atoms. The average Bonchev–Trinajstić information content (AvgIpc) is 2.14. The molecular weight excluding hydrogens is 200 g/mol. The van der Waals surface area contributed by atoms with Gasteiger partial charge in [-0.1, -0.05) is 0 Å². The molecule has 84 valence electrons. The smallest absolute Gasteiger partial charge is 0.164 e. The molecule has 2 aromatic heterocycles. The summed E-state index contributed by atoms with van der Waals surface area (Å²) in [6.07, 6.45) is 1.75. The minimum Gasteiger partial charge on any atom is -0.365 e. The summed E-state index contributed by atoms with van der Waals surface area (Å²) in [5, 5.41) is 4.33. The van der Waals surface area contributed by atoms with Crippen LogP contribution in [-0.4, -0.2) is 20.5 Å². The molecule has 0 aromatic carbocycles. The van der Waals surface area contributed by atoms with Crippen molar-refractivity contribution in [3.05, 3.63) is 24.2 Å². The van der Waals surface area contributed by atoms with Crippen LogP contribution in [0.15, 0.2) is 18.3 Å². The summed E-state index contributed by atoms with van der Waals surface area (Å²) in [5.74, 6) is 1.58. The van der Waals surface area contributed by atoms with Gasteiger partial charge in [0.25, 0.3) is 0 Å². The van der Waals surface area contributed by atoms with E-state index in [1.165, 1.54) is 0 Å². The van der Waals surface area contributed by atoms with Crippen molar-refractivity contribution in [2.75, 3.05) is 5.32 Å². The number of hydrogen-bond donors (Lipinski definition) is 1. The van der Waals surface area contributed by atoms with Gasteiger partial charge in [-0.15, -0.1) is 0 Å². The molecule has 2 heterocycles.